The number of aromatic nitrogens is 2. The maximum atomic E-state index is 12.4. The van der Waals surface area contributed by atoms with Gasteiger partial charge in [0.05, 0.1) is 11.0 Å². The van der Waals surface area contributed by atoms with Gasteiger partial charge in [-0.25, -0.2) is 4.79 Å². The number of para-hydroxylation sites is 2. The highest BCUT2D eigenvalue weighted by atomic mass is 35.5. The molecule has 146 valence electrons. The fourth-order valence-corrected chi connectivity index (χ4v) is 4.26. The minimum Gasteiger partial charge on any atom is -0.306 e. The van der Waals surface area contributed by atoms with E-state index in [0.29, 0.717) is 0 Å². The molecule has 0 radical (unpaired) electrons. The number of benzene rings is 2. The number of nitrogens with one attached hydrogen (secondary N) is 1. The van der Waals surface area contributed by atoms with Crippen LogP contribution in [0.5, 0.6) is 0 Å². The van der Waals surface area contributed by atoms with Crippen molar-refractivity contribution in [3.8, 4) is 0 Å². The number of imidazole rings is 1. The van der Waals surface area contributed by atoms with E-state index < -0.39 is 0 Å². The number of aromatic amines is 1. The van der Waals surface area contributed by atoms with Gasteiger partial charge < -0.3 is 9.88 Å². The number of fused-ring (bicyclic) bond motifs is 1. The fourth-order valence-electron chi connectivity index (χ4n) is 4.13. The smallest absolute Gasteiger partial charge is 0.306 e. The summed E-state index contributed by atoms with van der Waals surface area (Å²) in [4.78, 5) is 17.9. The van der Waals surface area contributed by atoms with Crippen molar-refractivity contribution in [1.29, 1.82) is 0 Å². The van der Waals surface area contributed by atoms with E-state index in [-0.39, 0.29) is 11.7 Å². The Bertz CT molecular complexity index is 1020. The average Bonchev–Trinajstić information content (AvgIpc) is 3.05. The molecule has 3 aromatic rings. The van der Waals surface area contributed by atoms with Crippen molar-refractivity contribution in [2.45, 2.75) is 32.2 Å². The summed E-state index contributed by atoms with van der Waals surface area (Å²) >= 11 is 5.96. The lowest BCUT2D eigenvalue weighted by Crippen LogP contribution is -2.37. The van der Waals surface area contributed by atoms with Crippen molar-refractivity contribution >= 4 is 28.2 Å². The highest BCUT2D eigenvalue weighted by Gasteiger charge is 2.23. The van der Waals surface area contributed by atoms with E-state index in [9.17, 15) is 4.79 Å². The lowest BCUT2D eigenvalue weighted by molar-refractivity contribution is 0.189. The maximum absolute atomic E-state index is 12.4. The van der Waals surface area contributed by atoms with Crippen molar-refractivity contribution in [3.05, 3.63) is 75.7 Å². The van der Waals surface area contributed by atoms with Gasteiger partial charge in [-0.2, -0.15) is 0 Å². The first-order valence-corrected chi connectivity index (χ1v) is 10.3. The summed E-state index contributed by atoms with van der Waals surface area (Å²) in [6.45, 7) is 5.27. The van der Waals surface area contributed by atoms with Crippen LogP contribution >= 0.6 is 11.6 Å². The molecule has 4 rings (SSSR count). The monoisotopic (exact) mass is 395 g/mol. The quantitative estimate of drug-likeness (QED) is 0.651. The van der Waals surface area contributed by atoms with Gasteiger partial charge in [-0.05, 0) is 61.6 Å². The Kier molecular flexibility index (Phi) is 5.69. The summed E-state index contributed by atoms with van der Waals surface area (Å²) in [6, 6.07) is 16.3. The third-order valence-corrected chi connectivity index (χ3v) is 5.99. The molecule has 1 fully saturated rings. The van der Waals surface area contributed by atoms with Gasteiger partial charge in [0, 0.05) is 30.7 Å². The molecule has 0 spiro atoms. The number of piperidine rings is 1. The van der Waals surface area contributed by atoms with Gasteiger partial charge in [-0.15, -0.1) is 0 Å². The second-order valence-electron chi connectivity index (χ2n) is 7.57. The molecule has 0 aliphatic carbocycles. The van der Waals surface area contributed by atoms with E-state index in [0.717, 1.165) is 55.0 Å². The van der Waals surface area contributed by atoms with Crippen LogP contribution in [0.2, 0.25) is 5.02 Å². The zero-order chi connectivity index (χ0) is 19.5. The number of halogens is 1. The summed E-state index contributed by atoms with van der Waals surface area (Å²) in [5, 5.41) is 0.772. The third-order valence-electron chi connectivity index (χ3n) is 5.74. The number of rotatable bonds is 5. The van der Waals surface area contributed by atoms with Gasteiger partial charge in [0.1, 0.15) is 0 Å². The van der Waals surface area contributed by atoms with Crippen LogP contribution in [0.3, 0.4) is 0 Å². The first-order chi connectivity index (χ1) is 13.6. The van der Waals surface area contributed by atoms with E-state index in [2.05, 4.69) is 35.0 Å². The van der Waals surface area contributed by atoms with Crippen LogP contribution < -0.4 is 5.69 Å². The van der Waals surface area contributed by atoms with E-state index in [1.54, 1.807) is 0 Å². The summed E-state index contributed by atoms with van der Waals surface area (Å²) < 4.78 is 1.96. The normalized spacial score (nSPS) is 16.7. The number of hydrogen-bond donors (Lipinski definition) is 1. The molecule has 0 atom stereocenters. The second kappa shape index (κ2) is 8.38. The molecule has 0 saturated carbocycles. The Morgan fingerprint density at radius 2 is 1.86 bits per heavy atom. The molecule has 1 aliphatic rings. The fraction of sp³-hybridized carbons (Fsp3) is 0.348. The lowest BCUT2D eigenvalue weighted by atomic mass is 10.0. The molecule has 4 nitrogen and oxygen atoms in total. The molecule has 0 bridgehead atoms. The Hall–Kier alpha value is -2.30. The molecule has 1 saturated heterocycles. The minimum absolute atomic E-state index is 0.0150. The summed E-state index contributed by atoms with van der Waals surface area (Å²) in [6.07, 6.45) is 5.37. The molecule has 2 aromatic carbocycles. The van der Waals surface area contributed by atoms with Crippen LogP contribution in [0.25, 0.3) is 16.6 Å². The van der Waals surface area contributed by atoms with Crippen LogP contribution in [0.4, 0.5) is 0 Å². The van der Waals surface area contributed by atoms with E-state index in [4.69, 9.17) is 11.6 Å². The zero-order valence-electron chi connectivity index (χ0n) is 16.2. The lowest BCUT2D eigenvalue weighted by Gasteiger charge is -2.32. The molecular weight excluding hydrogens is 370 g/mol. The zero-order valence-corrected chi connectivity index (χ0v) is 17.0. The van der Waals surface area contributed by atoms with Crippen LogP contribution in [0.1, 0.15) is 37.8 Å². The number of allylic oxidation sites excluding steroid dienone is 1. The first-order valence-electron chi connectivity index (χ1n) is 9.96. The van der Waals surface area contributed by atoms with Crippen molar-refractivity contribution in [1.82, 2.24) is 14.5 Å². The summed E-state index contributed by atoms with van der Waals surface area (Å²) in [5.74, 6) is 0. The Morgan fingerprint density at radius 3 is 2.61 bits per heavy atom. The number of hydrogen-bond acceptors (Lipinski definition) is 2. The van der Waals surface area contributed by atoms with Gasteiger partial charge in [0.2, 0.25) is 0 Å². The molecule has 0 amide bonds. The van der Waals surface area contributed by atoms with Crippen molar-refractivity contribution in [2.75, 3.05) is 19.6 Å². The topological polar surface area (TPSA) is 41.0 Å². The van der Waals surface area contributed by atoms with Crippen molar-refractivity contribution in [3.63, 3.8) is 0 Å². The highest BCUT2D eigenvalue weighted by molar-refractivity contribution is 6.30. The Balaban J connectivity index is 1.33. The number of nitrogens with zero attached hydrogens (tertiary/aromatic N) is 2. The second-order valence-corrected chi connectivity index (χ2v) is 8.01. The molecule has 5 heteroatoms. The predicted molar refractivity (Wildman–Crippen MR) is 117 cm³/mol. The first kappa shape index (κ1) is 19.0. The third kappa shape index (κ3) is 4.08. The number of likely N-dealkylation sites (tertiary alicyclic amines) is 1. The SMILES string of the molecule is CC(=CCCN1CCC(n2c(=O)[nH]c3ccccc32)CC1)c1ccc(Cl)cc1. The standard InChI is InChI=1S/C23H26ClN3O/c1-17(18-8-10-19(24)11-9-18)5-4-14-26-15-12-20(13-16-26)27-22-7-3-2-6-21(22)25-23(27)28/h2-3,5-11,20H,4,12-16H2,1H3,(H,25,28). The highest BCUT2D eigenvalue weighted by Crippen LogP contribution is 2.25. The van der Waals surface area contributed by atoms with E-state index >= 15 is 0 Å². The van der Waals surface area contributed by atoms with Gasteiger partial charge in [0.25, 0.3) is 0 Å². The molecular formula is C23H26ClN3O. The van der Waals surface area contributed by atoms with Gasteiger partial charge >= 0.3 is 5.69 Å². The van der Waals surface area contributed by atoms with Crippen LogP contribution in [-0.4, -0.2) is 34.1 Å². The molecule has 2 heterocycles. The molecule has 28 heavy (non-hydrogen) atoms. The maximum Gasteiger partial charge on any atom is 0.326 e. The van der Waals surface area contributed by atoms with Crippen LogP contribution in [0.15, 0.2) is 59.4 Å². The molecule has 1 aliphatic heterocycles. The Labute approximate surface area is 170 Å². The van der Waals surface area contributed by atoms with Crippen molar-refractivity contribution in [2.24, 2.45) is 0 Å². The Morgan fingerprint density at radius 1 is 1.14 bits per heavy atom. The number of H-pyrrole nitrogens is 1. The van der Waals surface area contributed by atoms with E-state index in [1.807, 2.05) is 41.0 Å². The molecule has 1 N–H and O–H groups in total. The average molecular weight is 396 g/mol. The van der Waals surface area contributed by atoms with E-state index in [1.165, 1.54) is 11.1 Å². The van der Waals surface area contributed by atoms with Crippen LogP contribution in [-0.2, 0) is 0 Å². The predicted octanol–water partition coefficient (Wildman–Crippen LogP) is 5.11. The van der Waals surface area contributed by atoms with Gasteiger partial charge in [0.15, 0.2) is 0 Å². The van der Waals surface area contributed by atoms with Gasteiger partial charge in [-0.1, -0.05) is 41.9 Å². The summed E-state index contributed by atoms with van der Waals surface area (Å²) in [7, 11) is 0. The largest absolute Gasteiger partial charge is 0.326 e. The van der Waals surface area contributed by atoms with Gasteiger partial charge in [-0.3, -0.25) is 4.57 Å². The molecule has 0 unspecified atom stereocenters. The minimum atomic E-state index is 0.0150. The van der Waals surface area contributed by atoms with Crippen molar-refractivity contribution < 1.29 is 0 Å². The van der Waals surface area contributed by atoms with Crippen LogP contribution in [0, 0.1) is 0 Å². The summed E-state index contributed by atoms with van der Waals surface area (Å²) in [5.41, 5.74) is 4.48. The molecule has 1 aromatic heterocycles.